The van der Waals surface area contributed by atoms with Gasteiger partial charge in [-0.25, -0.2) is 13.1 Å². The minimum absolute atomic E-state index is 0.319. The molecule has 0 aromatic heterocycles. The van der Waals surface area contributed by atoms with Crippen LogP contribution in [0.5, 0.6) is 0 Å². The van der Waals surface area contributed by atoms with Crippen molar-refractivity contribution in [3.05, 3.63) is 60.2 Å². The van der Waals surface area contributed by atoms with Crippen LogP contribution in [-0.2, 0) is 16.4 Å². The first-order chi connectivity index (χ1) is 10.1. The van der Waals surface area contributed by atoms with E-state index in [0.717, 1.165) is 17.7 Å². The number of benzene rings is 2. The Balaban J connectivity index is 1.86. The van der Waals surface area contributed by atoms with Crippen molar-refractivity contribution in [3.8, 4) is 0 Å². The molecule has 5 heteroatoms. The van der Waals surface area contributed by atoms with Gasteiger partial charge < -0.3 is 0 Å². The Kier molecular flexibility index (Phi) is 5.85. The van der Waals surface area contributed by atoms with E-state index >= 15 is 0 Å². The first kappa shape index (κ1) is 16.1. The number of hydrogen-bond donors (Lipinski definition) is 1. The number of hydrogen-bond acceptors (Lipinski definition) is 3. The molecule has 0 aliphatic rings. The smallest absolute Gasteiger partial charge is 0.211 e. The Bertz CT molecular complexity index is 652. The highest BCUT2D eigenvalue weighted by Gasteiger charge is 2.12. The normalized spacial score (nSPS) is 11.5. The van der Waals surface area contributed by atoms with Crippen LogP contribution in [-0.4, -0.2) is 21.2 Å². The average Bonchev–Trinajstić information content (AvgIpc) is 2.53. The summed E-state index contributed by atoms with van der Waals surface area (Å²) in [5.41, 5.74) is 1.22. The zero-order valence-corrected chi connectivity index (χ0v) is 13.6. The van der Waals surface area contributed by atoms with Crippen molar-refractivity contribution in [1.82, 2.24) is 4.72 Å². The van der Waals surface area contributed by atoms with Crippen LogP contribution in [0.3, 0.4) is 0 Å². The molecular formula is C16H19NO2S2. The molecule has 3 nitrogen and oxygen atoms in total. The molecule has 2 aromatic rings. The molecule has 2 aromatic carbocycles. The summed E-state index contributed by atoms with van der Waals surface area (Å²) in [6, 6.07) is 17.0. The van der Waals surface area contributed by atoms with E-state index < -0.39 is 10.0 Å². The van der Waals surface area contributed by atoms with Gasteiger partial charge in [-0.05, 0) is 48.9 Å². The lowest BCUT2D eigenvalue weighted by atomic mass is 10.1. The summed E-state index contributed by atoms with van der Waals surface area (Å²) in [4.78, 5) is 1.37. The third-order valence-electron chi connectivity index (χ3n) is 3.15. The maximum Gasteiger partial charge on any atom is 0.240 e. The van der Waals surface area contributed by atoms with Crippen LogP contribution in [0.1, 0.15) is 12.0 Å². The molecule has 21 heavy (non-hydrogen) atoms. The van der Waals surface area contributed by atoms with E-state index in [-0.39, 0.29) is 0 Å². The quantitative estimate of drug-likeness (QED) is 0.628. The van der Waals surface area contributed by atoms with Crippen molar-refractivity contribution in [2.45, 2.75) is 22.6 Å². The van der Waals surface area contributed by atoms with E-state index in [1.165, 1.54) is 5.56 Å². The monoisotopic (exact) mass is 321 g/mol. The molecule has 112 valence electrons. The fourth-order valence-corrected chi connectivity index (χ4v) is 3.46. The molecule has 2 rings (SSSR count). The Morgan fingerprint density at radius 3 is 2.29 bits per heavy atom. The van der Waals surface area contributed by atoms with E-state index in [4.69, 9.17) is 0 Å². The number of rotatable bonds is 7. The van der Waals surface area contributed by atoms with Crippen molar-refractivity contribution >= 4 is 21.8 Å². The van der Waals surface area contributed by atoms with E-state index in [1.807, 2.05) is 36.6 Å². The first-order valence-corrected chi connectivity index (χ1v) is 9.50. The minimum atomic E-state index is -3.40. The largest absolute Gasteiger partial charge is 0.240 e. The number of aryl methyl sites for hydroxylation is 1. The average molecular weight is 321 g/mol. The lowest BCUT2D eigenvalue weighted by Gasteiger charge is -2.07. The number of nitrogens with one attached hydrogen (secondary N) is 1. The van der Waals surface area contributed by atoms with Crippen LogP contribution >= 0.6 is 11.8 Å². The third-order valence-corrected chi connectivity index (χ3v) is 5.37. The topological polar surface area (TPSA) is 46.2 Å². The Labute approximate surface area is 130 Å². The molecule has 0 atom stereocenters. The second-order valence-electron chi connectivity index (χ2n) is 4.66. The summed E-state index contributed by atoms with van der Waals surface area (Å²) < 4.78 is 26.9. The van der Waals surface area contributed by atoms with E-state index in [1.54, 1.807) is 23.9 Å². The predicted molar refractivity (Wildman–Crippen MR) is 88.2 cm³/mol. The highest BCUT2D eigenvalue weighted by atomic mass is 32.2. The minimum Gasteiger partial charge on any atom is -0.211 e. The molecule has 0 saturated heterocycles. The summed E-state index contributed by atoms with van der Waals surface area (Å²) in [7, 11) is -3.40. The van der Waals surface area contributed by atoms with E-state index in [0.29, 0.717) is 11.4 Å². The van der Waals surface area contributed by atoms with Crippen molar-refractivity contribution in [2.24, 2.45) is 0 Å². The van der Waals surface area contributed by atoms with Gasteiger partial charge in [-0.3, -0.25) is 0 Å². The molecule has 0 aliphatic carbocycles. The van der Waals surface area contributed by atoms with Crippen LogP contribution in [0.4, 0.5) is 0 Å². The molecule has 0 spiro atoms. The van der Waals surface area contributed by atoms with Crippen LogP contribution < -0.4 is 4.72 Å². The maximum absolute atomic E-state index is 12.1. The highest BCUT2D eigenvalue weighted by molar-refractivity contribution is 7.98. The van der Waals surface area contributed by atoms with Crippen molar-refractivity contribution in [3.63, 3.8) is 0 Å². The Hall–Kier alpha value is -1.30. The van der Waals surface area contributed by atoms with Gasteiger partial charge in [0.2, 0.25) is 10.0 Å². The van der Waals surface area contributed by atoms with E-state index in [9.17, 15) is 8.42 Å². The number of thioether (sulfide) groups is 1. The van der Waals surface area contributed by atoms with Gasteiger partial charge in [-0.2, -0.15) is 0 Å². The molecule has 1 N–H and O–H groups in total. The van der Waals surface area contributed by atoms with Crippen molar-refractivity contribution < 1.29 is 8.42 Å². The van der Waals surface area contributed by atoms with Gasteiger partial charge in [-0.15, -0.1) is 11.8 Å². The number of sulfonamides is 1. The van der Waals surface area contributed by atoms with Gasteiger partial charge in [0.15, 0.2) is 0 Å². The molecule has 0 unspecified atom stereocenters. The van der Waals surface area contributed by atoms with Gasteiger partial charge in [0.05, 0.1) is 4.90 Å². The predicted octanol–water partition coefficient (Wildman–Crippen LogP) is 3.32. The van der Waals surface area contributed by atoms with Crippen molar-refractivity contribution in [1.29, 1.82) is 0 Å². The summed E-state index contributed by atoms with van der Waals surface area (Å²) in [6.07, 6.45) is 3.62. The van der Waals surface area contributed by atoms with E-state index in [2.05, 4.69) is 16.9 Å². The summed E-state index contributed by atoms with van der Waals surface area (Å²) >= 11 is 1.59. The second kappa shape index (κ2) is 7.64. The maximum atomic E-state index is 12.1. The van der Waals surface area contributed by atoms with Gasteiger partial charge in [0, 0.05) is 11.4 Å². The van der Waals surface area contributed by atoms with Gasteiger partial charge in [0.1, 0.15) is 0 Å². The molecule has 0 radical (unpaired) electrons. The van der Waals surface area contributed by atoms with Crippen LogP contribution in [0.2, 0.25) is 0 Å². The fourth-order valence-electron chi connectivity index (χ4n) is 1.98. The molecular weight excluding hydrogens is 302 g/mol. The molecule has 0 bridgehead atoms. The van der Waals surface area contributed by atoms with Crippen LogP contribution in [0.25, 0.3) is 0 Å². The fraction of sp³-hybridized carbons (Fsp3) is 0.250. The SMILES string of the molecule is CSc1ccc(S(=O)(=O)NCCCc2ccccc2)cc1. The van der Waals surface area contributed by atoms with Crippen LogP contribution in [0.15, 0.2) is 64.4 Å². The first-order valence-electron chi connectivity index (χ1n) is 6.79. The Morgan fingerprint density at radius 2 is 1.67 bits per heavy atom. The van der Waals surface area contributed by atoms with Gasteiger partial charge in [0.25, 0.3) is 0 Å². The second-order valence-corrected chi connectivity index (χ2v) is 7.31. The molecule has 0 fully saturated rings. The van der Waals surface area contributed by atoms with Crippen LogP contribution in [0, 0.1) is 0 Å². The summed E-state index contributed by atoms with van der Waals surface area (Å²) in [5.74, 6) is 0. The molecule has 0 heterocycles. The highest BCUT2D eigenvalue weighted by Crippen LogP contribution is 2.17. The van der Waals surface area contributed by atoms with Crippen molar-refractivity contribution in [2.75, 3.05) is 12.8 Å². The lowest BCUT2D eigenvalue weighted by Crippen LogP contribution is -2.25. The zero-order chi connectivity index (χ0) is 15.1. The third kappa shape index (κ3) is 4.88. The summed E-state index contributed by atoms with van der Waals surface area (Å²) in [5, 5.41) is 0. The Morgan fingerprint density at radius 1 is 1.00 bits per heavy atom. The summed E-state index contributed by atoms with van der Waals surface area (Å²) in [6.45, 7) is 0.446. The molecule has 0 saturated carbocycles. The standard InChI is InChI=1S/C16H19NO2S2/c1-20-15-9-11-16(12-10-15)21(18,19)17-13-5-8-14-6-3-2-4-7-14/h2-4,6-7,9-12,17H,5,8,13H2,1H3. The van der Waals surface area contributed by atoms with Gasteiger partial charge >= 0.3 is 0 Å². The molecule has 0 amide bonds. The zero-order valence-electron chi connectivity index (χ0n) is 12.0. The van der Waals surface area contributed by atoms with Gasteiger partial charge in [-0.1, -0.05) is 30.3 Å². The lowest BCUT2D eigenvalue weighted by molar-refractivity contribution is 0.579. The molecule has 0 aliphatic heterocycles.